The van der Waals surface area contributed by atoms with Crippen molar-refractivity contribution in [1.82, 2.24) is 5.32 Å². The second kappa shape index (κ2) is 8.97. The van der Waals surface area contributed by atoms with Crippen LogP contribution in [-0.2, 0) is 14.3 Å². The summed E-state index contributed by atoms with van der Waals surface area (Å²) in [5.41, 5.74) is 0.690. The molecule has 6 nitrogen and oxygen atoms in total. The molecule has 0 heterocycles. The van der Waals surface area contributed by atoms with Crippen LogP contribution in [0, 0.1) is 5.82 Å². The first-order chi connectivity index (χ1) is 13.9. The molecule has 2 amide bonds. The number of fused-ring (bicyclic) bond motifs is 1. The van der Waals surface area contributed by atoms with E-state index in [2.05, 4.69) is 10.6 Å². The maximum Gasteiger partial charge on any atom is 0.326 e. The molecule has 29 heavy (non-hydrogen) atoms. The molecular weight excluding hydrogens is 375 g/mol. The number of amides is 2. The average molecular weight is 394 g/mol. The van der Waals surface area contributed by atoms with Gasteiger partial charge in [-0.1, -0.05) is 42.5 Å². The van der Waals surface area contributed by atoms with Crippen LogP contribution in [0.2, 0.25) is 0 Å². The first-order valence-electron chi connectivity index (χ1n) is 8.96. The van der Waals surface area contributed by atoms with E-state index < -0.39 is 36.2 Å². The maximum absolute atomic E-state index is 13.1. The molecule has 0 aromatic heterocycles. The quantitative estimate of drug-likeness (QED) is 0.629. The van der Waals surface area contributed by atoms with Gasteiger partial charge in [0.05, 0.1) is 0 Å². The topological polar surface area (TPSA) is 84.5 Å². The van der Waals surface area contributed by atoms with E-state index in [1.165, 1.54) is 25.1 Å². The third-order valence-electron chi connectivity index (χ3n) is 4.21. The van der Waals surface area contributed by atoms with Crippen molar-refractivity contribution in [2.75, 3.05) is 11.9 Å². The highest BCUT2D eigenvalue weighted by molar-refractivity contribution is 6.04. The lowest BCUT2D eigenvalue weighted by Gasteiger charge is -2.15. The molecule has 0 aliphatic heterocycles. The zero-order chi connectivity index (χ0) is 20.8. The van der Waals surface area contributed by atoms with E-state index in [1.807, 2.05) is 36.4 Å². The number of carbonyl (C=O) groups is 3. The minimum Gasteiger partial charge on any atom is -0.451 e. The number of halogens is 1. The van der Waals surface area contributed by atoms with Crippen LogP contribution in [0.15, 0.2) is 66.7 Å². The number of esters is 1. The summed E-state index contributed by atoms with van der Waals surface area (Å²) in [5.74, 6) is -2.45. The zero-order valence-electron chi connectivity index (χ0n) is 15.6. The smallest absolute Gasteiger partial charge is 0.326 e. The van der Waals surface area contributed by atoms with Crippen molar-refractivity contribution in [2.24, 2.45) is 0 Å². The van der Waals surface area contributed by atoms with Gasteiger partial charge in [-0.05, 0) is 36.6 Å². The van der Waals surface area contributed by atoms with E-state index in [0.29, 0.717) is 5.69 Å². The predicted molar refractivity (Wildman–Crippen MR) is 107 cm³/mol. The third-order valence-corrected chi connectivity index (χ3v) is 4.21. The van der Waals surface area contributed by atoms with Crippen molar-refractivity contribution in [2.45, 2.75) is 13.0 Å². The second-order valence-corrected chi connectivity index (χ2v) is 6.34. The summed E-state index contributed by atoms with van der Waals surface area (Å²) >= 11 is 0. The first-order valence-corrected chi connectivity index (χ1v) is 8.96. The number of carbonyl (C=O) groups excluding carboxylic acids is 3. The van der Waals surface area contributed by atoms with Crippen LogP contribution in [0.4, 0.5) is 10.1 Å². The molecule has 0 aliphatic rings. The van der Waals surface area contributed by atoms with E-state index in [9.17, 15) is 18.8 Å². The average Bonchev–Trinajstić information content (AvgIpc) is 2.72. The standard InChI is InChI=1S/C22H19FN2O4/c1-14(21(27)25-19-11-5-7-15-6-2-3-10-18(15)19)29-20(26)13-24-22(28)16-8-4-9-17(23)12-16/h2-12,14H,13H2,1H3,(H,24,28)(H,25,27)/t14-/m0/s1. The SMILES string of the molecule is C[C@H](OC(=O)CNC(=O)c1cccc(F)c1)C(=O)Nc1cccc2ccccc12. The van der Waals surface area contributed by atoms with Crippen molar-refractivity contribution in [3.05, 3.63) is 78.1 Å². The molecule has 0 unspecified atom stereocenters. The Morgan fingerprint density at radius 2 is 1.72 bits per heavy atom. The van der Waals surface area contributed by atoms with Crippen LogP contribution in [0.3, 0.4) is 0 Å². The summed E-state index contributed by atoms with van der Waals surface area (Å²) in [6.07, 6.45) is -1.06. The molecule has 0 saturated heterocycles. The zero-order valence-corrected chi connectivity index (χ0v) is 15.6. The van der Waals surface area contributed by atoms with Crippen molar-refractivity contribution >= 4 is 34.2 Å². The van der Waals surface area contributed by atoms with Gasteiger partial charge in [0, 0.05) is 16.6 Å². The van der Waals surface area contributed by atoms with Crippen molar-refractivity contribution in [1.29, 1.82) is 0 Å². The summed E-state index contributed by atoms with van der Waals surface area (Å²) in [7, 11) is 0. The minimum absolute atomic E-state index is 0.0829. The normalized spacial score (nSPS) is 11.5. The lowest BCUT2D eigenvalue weighted by Crippen LogP contribution is -2.35. The Morgan fingerprint density at radius 3 is 2.52 bits per heavy atom. The van der Waals surface area contributed by atoms with Crippen molar-refractivity contribution < 1.29 is 23.5 Å². The Morgan fingerprint density at radius 1 is 1.00 bits per heavy atom. The van der Waals surface area contributed by atoms with Crippen LogP contribution >= 0.6 is 0 Å². The minimum atomic E-state index is -1.06. The fourth-order valence-electron chi connectivity index (χ4n) is 2.75. The summed E-state index contributed by atoms with van der Waals surface area (Å²) < 4.78 is 18.2. The van der Waals surface area contributed by atoms with Crippen molar-refractivity contribution in [3.63, 3.8) is 0 Å². The Kier molecular flexibility index (Phi) is 6.19. The molecule has 3 rings (SSSR count). The van der Waals surface area contributed by atoms with Gasteiger partial charge < -0.3 is 15.4 Å². The molecule has 0 fully saturated rings. The third kappa shape index (κ3) is 5.16. The monoisotopic (exact) mass is 394 g/mol. The number of benzene rings is 3. The van der Waals surface area contributed by atoms with Crippen LogP contribution < -0.4 is 10.6 Å². The molecule has 0 spiro atoms. The highest BCUT2D eigenvalue weighted by atomic mass is 19.1. The van der Waals surface area contributed by atoms with E-state index in [1.54, 1.807) is 6.07 Å². The maximum atomic E-state index is 13.1. The van der Waals surface area contributed by atoms with Gasteiger partial charge in [-0.25, -0.2) is 4.39 Å². The fraction of sp³-hybridized carbons (Fsp3) is 0.136. The Balaban J connectivity index is 1.53. The van der Waals surface area contributed by atoms with Gasteiger partial charge in [0.2, 0.25) is 0 Å². The van der Waals surface area contributed by atoms with Gasteiger partial charge in [-0.3, -0.25) is 14.4 Å². The number of rotatable bonds is 6. The molecular formula is C22H19FN2O4. The van der Waals surface area contributed by atoms with Gasteiger partial charge in [-0.2, -0.15) is 0 Å². The summed E-state index contributed by atoms with van der Waals surface area (Å²) in [5, 5.41) is 6.91. The lowest BCUT2D eigenvalue weighted by atomic mass is 10.1. The molecule has 0 aliphatic carbocycles. The number of anilines is 1. The predicted octanol–water partition coefficient (Wildman–Crippen LogP) is 3.28. The van der Waals surface area contributed by atoms with E-state index >= 15 is 0 Å². The highest BCUT2D eigenvalue weighted by Crippen LogP contribution is 2.23. The Hall–Kier alpha value is -3.74. The lowest BCUT2D eigenvalue weighted by molar-refractivity contribution is -0.152. The van der Waals surface area contributed by atoms with Gasteiger partial charge in [0.1, 0.15) is 12.4 Å². The molecule has 3 aromatic carbocycles. The molecule has 0 radical (unpaired) electrons. The first kappa shape index (κ1) is 20.0. The summed E-state index contributed by atoms with van der Waals surface area (Å²) in [6.45, 7) is 0.994. The molecule has 3 aromatic rings. The fourth-order valence-corrected chi connectivity index (χ4v) is 2.75. The Labute approximate surface area is 166 Å². The highest BCUT2D eigenvalue weighted by Gasteiger charge is 2.19. The molecule has 2 N–H and O–H groups in total. The van der Waals surface area contributed by atoms with E-state index in [4.69, 9.17) is 4.74 Å². The van der Waals surface area contributed by atoms with Gasteiger partial charge in [0.25, 0.3) is 11.8 Å². The number of hydrogen-bond acceptors (Lipinski definition) is 4. The summed E-state index contributed by atoms with van der Waals surface area (Å²) in [4.78, 5) is 36.2. The molecule has 0 bridgehead atoms. The second-order valence-electron chi connectivity index (χ2n) is 6.34. The number of hydrogen-bond donors (Lipinski definition) is 2. The molecule has 148 valence electrons. The van der Waals surface area contributed by atoms with Crippen LogP contribution in [0.5, 0.6) is 0 Å². The Bertz CT molecular complexity index is 1060. The van der Waals surface area contributed by atoms with Gasteiger partial charge in [0.15, 0.2) is 6.10 Å². The van der Waals surface area contributed by atoms with Crippen LogP contribution in [0.25, 0.3) is 10.8 Å². The largest absolute Gasteiger partial charge is 0.451 e. The van der Waals surface area contributed by atoms with Crippen LogP contribution in [-0.4, -0.2) is 30.4 Å². The number of ether oxygens (including phenoxy) is 1. The molecule has 7 heteroatoms. The molecule has 1 atom stereocenters. The van der Waals surface area contributed by atoms with E-state index in [0.717, 1.165) is 16.8 Å². The molecule has 0 saturated carbocycles. The van der Waals surface area contributed by atoms with E-state index in [-0.39, 0.29) is 5.56 Å². The number of nitrogens with one attached hydrogen (secondary N) is 2. The van der Waals surface area contributed by atoms with Crippen molar-refractivity contribution in [3.8, 4) is 0 Å². The summed E-state index contributed by atoms with van der Waals surface area (Å²) in [6, 6.07) is 18.1. The van der Waals surface area contributed by atoms with Gasteiger partial charge >= 0.3 is 5.97 Å². The van der Waals surface area contributed by atoms with Crippen LogP contribution in [0.1, 0.15) is 17.3 Å². The van der Waals surface area contributed by atoms with Gasteiger partial charge in [-0.15, -0.1) is 0 Å².